The van der Waals surface area contributed by atoms with Gasteiger partial charge in [-0.15, -0.1) is 0 Å². The molecule has 2 aromatic carbocycles. The highest BCUT2D eigenvalue weighted by atomic mass is 32.2. The third kappa shape index (κ3) is 3.48. The zero-order valence-electron chi connectivity index (χ0n) is 13.7. The van der Waals surface area contributed by atoms with Crippen molar-refractivity contribution < 1.29 is 18.0 Å². The zero-order chi connectivity index (χ0) is 18.2. The van der Waals surface area contributed by atoms with Gasteiger partial charge < -0.3 is 10.6 Å². The fourth-order valence-electron chi connectivity index (χ4n) is 2.65. The van der Waals surface area contributed by atoms with Crippen LogP contribution >= 0.6 is 0 Å². The van der Waals surface area contributed by atoms with Gasteiger partial charge in [0.25, 0.3) is 10.0 Å². The van der Waals surface area contributed by atoms with E-state index in [4.69, 9.17) is 0 Å². The van der Waals surface area contributed by atoms with Crippen LogP contribution in [-0.2, 0) is 26.0 Å². The summed E-state index contributed by atoms with van der Waals surface area (Å²) >= 11 is 0. The summed E-state index contributed by atoms with van der Waals surface area (Å²) in [5.74, 6) is -0.393. The molecule has 1 heterocycles. The number of carbonyl (C=O) groups excluding carboxylic acids is 2. The summed E-state index contributed by atoms with van der Waals surface area (Å²) in [5.41, 5.74) is 2.81. The van der Waals surface area contributed by atoms with E-state index in [0.717, 1.165) is 0 Å². The minimum Gasteiger partial charge on any atom is -0.326 e. The summed E-state index contributed by atoms with van der Waals surface area (Å²) < 4.78 is 27.9. The Bertz CT molecular complexity index is 983. The van der Waals surface area contributed by atoms with E-state index in [1.165, 1.54) is 19.1 Å². The predicted octanol–water partition coefficient (Wildman–Crippen LogP) is 2.25. The van der Waals surface area contributed by atoms with Crippen LogP contribution in [0, 0.1) is 6.92 Å². The number of hydrogen-bond acceptors (Lipinski definition) is 4. The van der Waals surface area contributed by atoms with Gasteiger partial charge in [-0.2, -0.15) is 0 Å². The van der Waals surface area contributed by atoms with Crippen LogP contribution in [0.2, 0.25) is 0 Å². The van der Waals surface area contributed by atoms with E-state index in [1.54, 1.807) is 31.2 Å². The summed E-state index contributed by atoms with van der Waals surface area (Å²) in [7, 11) is -3.82. The van der Waals surface area contributed by atoms with Crippen molar-refractivity contribution in [3.63, 3.8) is 0 Å². The van der Waals surface area contributed by atoms with Gasteiger partial charge in [0.05, 0.1) is 17.0 Å². The number of rotatable bonds is 4. The first-order valence-corrected chi connectivity index (χ1v) is 9.07. The topological polar surface area (TPSA) is 104 Å². The first kappa shape index (κ1) is 17.0. The quantitative estimate of drug-likeness (QED) is 0.779. The second kappa shape index (κ2) is 6.21. The van der Waals surface area contributed by atoms with Crippen LogP contribution in [0.25, 0.3) is 0 Å². The summed E-state index contributed by atoms with van der Waals surface area (Å²) in [6.45, 7) is 3.10. The maximum atomic E-state index is 12.7. The smallest absolute Gasteiger partial charge is 0.261 e. The summed E-state index contributed by atoms with van der Waals surface area (Å²) in [5, 5.41) is 5.32. The molecule has 130 valence electrons. The molecule has 3 N–H and O–H groups in total. The van der Waals surface area contributed by atoms with Gasteiger partial charge in [-0.1, -0.05) is 6.07 Å². The van der Waals surface area contributed by atoms with Gasteiger partial charge in [0.2, 0.25) is 11.8 Å². The van der Waals surface area contributed by atoms with Crippen molar-refractivity contribution in [1.29, 1.82) is 0 Å². The Hall–Kier alpha value is -2.87. The van der Waals surface area contributed by atoms with E-state index in [0.29, 0.717) is 28.2 Å². The van der Waals surface area contributed by atoms with E-state index in [9.17, 15) is 18.0 Å². The first-order valence-electron chi connectivity index (χ1n) is 7.59. The molecule has 0 unspecified atom stereocenters. The Labute approximate surface area is 145 Å². The molecule has 25 heavy (non-hydrogen) atoms. The van der Waals surface area contributed by atoms with E-state index in [2.05, 4.69) is 15.4 Å². The van der Waals surface area contributed by atoms with Crippen LogP contribution in [0.15, 0.2) is 41.3 Å². The fraction of sp³-hybridized carbons (Fsp3) is 0.176. The van der Waals surface area contributed by atoms with Gasteiger partial charge in [-0.05, 0) is 48.4 Å². The average Bonchev–Trinajstić information content (AvgIpc) is 2.89. The van der Waals surface area contributed by atoms with Gasteiger partial charge in [-0.3, -0.25) is 14.3 Å². The third-order valence-corrected chi connectivity index (χ3v) is 5.26. The molecule has 0 saturated heterocycles. The summed E-state index contributed by atoms with van der Waals surface area (Å²) in [6, 6.07) is 9.48. The van der Waals surface area contributed by atoms with Crippen LogP contribution in [0.3, 0.4) is 0 Å². The lowest BCUT2D eigenvalue weighted by Gasteiger charge is -2.14. The molecule has 8 heteroatoms. The Kier molecular flexibility index (Phi) is 4.22. The number of sulfonamides is 1. The highest BCUT2D eigenvalue weighted by Gasteiger charge is 2.22. The summed E-state index contributed by atoms with van der Waals surface area (Å²) in [4.78, 5) is 22.7. The Morgan fingerprint density at radius 1 is 1.16 bits per heavy atom. The van der Waals surface area contributed by atoms with Crippen molar-refractivity contribution in [3.8, 4) is 0 Å². The Morgan fingerprint density at radius 2 is 1.88 bits per heavy atom. The molecule has 0 fully saturated rings. The highest BCUT2D eigenvalue weighted by Crippen LogP contribution is 2.29. The number of nitrogens with one attached hydrogen (secondary N) is 3. The van der Waals surface area contributed by atoms with Crippen molar-refractivity contribution in [1.82, 2.24) is 0 Å². The number of anilines is 3. The standard InChI is InChI=1S/C17H17N3O4S/c1-10-14(18-11(2)21)4-3-5-15(10)20-25(23,24)13-6-7-16-12(8-13)9-17(22)19-16/h3-8,20H,9H2,1-2H3,(H,18,21)(H,19,22). The average molecular weight is 359 g/mol. The lowest BCUT2D eigenvalue weighted by atomic mass is 10.1. The first-order chi connectivity index (χ1) is 11.8. The highest BCUT2D eigenvalue weighted by molar-refractivity contribution is 7.92. The third-order valence-electron chi connectivity index (χ3n) is 3.90. The number of hydrogen-bond donors (Lipinski definition) is 3. The summed E-state index contributed by atoms with van der Waals surface area (Å²) in [6.07, 6.45) is 0.162. The van der Waals surface area contributed by atoms with Gasteiger partial charge in [0.1, 0.15) is 0 Å². The van der Waals surface area contributed by atoms with Crippen LogP contribution in [0.1, 0.15) is 18.1 Å². The fourth-order valence-corrected chi connectivity index (χ4v) is 3.82. The zero-order valence-corrected chi connectivity index (χ0v) is 14.5. The van der Waals surface area contributed by atoms with Gasteiger partial charge in [0.15, 0.2) is 0 Å². The molecule has 0 spiro atoms. The number of carbonyl (C=O) groups is 2. The van der Waals surface area contributed by atoms with E-state index in [1.807, 2.05) is 0 Å². The number of fused-ring (bicyclic) bond motifs is 1. The second-order valence-electron chi connectivity index (χ2n) is 5.81. The van der Waals surface area contributed by atoms with Crippen molar-refractivity contribution >= 4 is 38.9 Å². The minimum atomic E-state index is -3.82. The maximum Gasteiger partial charge on any atom is 0.261 e. The molecule has 1 aliphatic rings. The molecule has 0 aliphatic carbocycles. The Balaban J connectivity index is 1.91. The minimum absolute atomic E-state index is 0.0760. The monoisotopic (exact) mass is 359 g/mol. The number of benzene rings is 2. The second-order valence-corrected chi connectivity index (χ2v) is 7.49. The molecular weight excluding hydrogens is 342 g/mol. The Morgan fingerprint density at radius 3 is 2.60 bits per heavy atom. The molecule has 2 amide bonds. The van der Waals surface area contributed by atoms with Crippen LogP contribution < -0.4 is 15.4 Å². The molecule has 0 bridgehead atoms. The maximum absolute atomic E-state index is 12.7. The molecule has 0 radical (unpaired) electrons. The molecule has 2 aromatic rings. The molecule has 0 aromatic heterocycles. The molecular formula is C17H17N3O4S. The van der Waals surface area contributed by atoms with Gasteiger partial charge in [-0.25, -0.2) is 8.42 Å². The van der Waals surface area contributed by atoms with Crippen LogP contribution in [-0.4, -0.2) is 20.2 Å². The number of amides is 2. The van der Waals surface area contributed by atoms with Crippen molar-refractivity contribution in [3.05, 3.63) is 47.5 Å². The van der Waals surface area contributed by atoms with Crippen molar-refractivity contribution in [2.24, 2.45) is 0 Å². The predicted molar refractivity (Wildman–Crippen MR) is 95.1 cm³/mol. The molecule has 0 atom stereocenters. The lowest BCUT2D eigenvalue weighted by Crippen LogP contribution is -2.15. The van der Waals surface area contributed by atoms with E-state index >= 15 is 0 Å². The normalized spacial score (nSPS) is 13.1. The van der Waals surface area contributed by atoms with E-state index < -0.39 is 10.0 Å². The van der Waals surface area contributed by atoms with Crippen molar-refractivity contribution in [2.45, 2.75) is 25.2 Å². The largest absolute Gasteiger partial charge is 0.326 e. The molecule has 7 nitrogen and oxygen atoms in total. The molecule has 0 saturated carbocycles. The molecule has 1 aliphatic heterocycles. The van der Waals surface area contributed by atoms with Gasteiger partial charge >= 0.3 is 0 Å². The molecule has 3 rings (SSSR count). The lowest BCUT2D eigenvalue weighted by molar-refractivity contribution is -0.115. The SMILES string of the molecule is CC(=O)Nc1cccc(NS(=O)(=O)c2ccc3c(c2)CC(=O)N3)c1C. The van der Waals surface area contributed by atoms with Crippen molar-refractivity contribution in [2.75, 3.05) is 15.4 Å². The van der Waals surface area contributed by atoms with Gasteiger partial charge in [0, 0.05) is 18.3 Å². The van der Waals surface area contributed by atoms with E-state index in [-0.39, 0.29) is 23.1 Å². The van der Waals surface area contributed by atoms with Crippen LogP contribution in [0.4, 0.5) is 17.1 Å². The van der Waals surface area contributed by atoms with Crippen LogP contribution in [0.5, 0.6) is 0 Å².